The number of carbonyl (C=O) groups excluding carboxylic acids is 1. The Labute approximate surface area is 158 Å². The van der Waals surface area contributed by atoms with Gasteiger partial charge in [0.15, 0.2) is 5.79 Å². The van der Waals surface area contributed by atoms with Crippen molar-refractivity contribution in [1.29, 1.82) is 0 Å². The second-order valence-corrected chi connectivity index (χ2v) is 10.1. The highest BCUT2D eigenvalue weighted by Crippen LogP contribution is 2.64. The van der Waals surface area contributed by atoms with Gasteiger partial charge < -0.3 is 9.47 Å². The van der Waals surface area contributed by atoms with Crippen LogP contribution in [0.2, 0.25) is 0 Å². The maximum atomic E-state index is 13.0. The SMILES string of the molecule is COC1(OC)CCC2=C(C[C@@H](C)C3C2[C@@H](C)C[C@]2(C)C(=O)[C@H](C)CC32)C1. The van der Waals surface area contributed by atoms with E-state index in [1.807, 2.05) is 0 Å². The van der Waals surface area contributed by atoms with E-state index in [-0.39, 0.29) is 11.3 Å². The van der Waals surface area contributed by atoms with Gasteiger partial charge in [0, 0.05) is 38.4 Å². The number of allylic oxidation sites excluding steroid dienone is 1. The molecule has 2 saturated carbocycles. The van der Waals surface area contributed by atoms with Gasteiger partial charge in [0.05, 0.1) is 0 Å². The second kappa shape index (κ2) is 6.17. The van der Waals surface area contributed by atoms with Crippen molar-refractivity contribution in [3.63, 3.8) is 0 Å². The van der Waals surface area contributed by atoms with Crippen molar-refractivity contribution in [2.75, 3.05) is 14.2 Å². The van der Waals surface area contributed by atoms with Crippen molar-refractivity contribution in [3.8, 4) is 0 Å². The second-order valence-electron chi connectivity index (χ2n) is 10.1. The maximum absolute atomic E-state index is 13.0. The summed E-state index contributed by atoms with van der Waals surface area (Å²) in [5, 5.41) is 0. The largest absolute Gasteiger partial charge is 0.353 e. The molecular weight excluding hydrogens is 324 g/mol. The maximum Gasteiger partial charge on any atom is 0.171 e. The summed E-state index contributed by atoms with van der Waals surface area (Å²) in [4.78, 5) is 13.0. The topological polar surface area (TPSA) is 35.5 Å². The molecule has 4 aliphatic carbocycles. The summed E-state index contributed by atoms with van der Waals surface area (Å²) in [6.45, 7) is 9.29. The van der Waals surface area contributed by atoms with E-state index in [0.717, 1.165) is 38.5 Å². The number of hydrogen-bond acceptors (Lipinski definition) is 3. The standard InChI is InChI=1S/C23H36O3/c1-13-9-16-12-23(25-5,26-6)8-7-17(16)19-15(3)11-22(4)18(20(13)19)10-14(2)21(22)24/h13-15,18-20H,7-12H2,1-6H3/t13-,14-,15+,18?,19?,20?,22+/m1/s1. The number of rotatable bonds is 2. The van der Waals surface area contributed by atoms with Gasteiger partial charge in [-0.05, 0) is 55.3 Å². The van der Waals surface area contributed by atoms with Crippen LogP contribution in [0, 0.1) is 40.9 Å². The Morgan fingerprint density at radius 2 is 1.77 bits per heavy atom. The molecule has 0 aromatic rings. The van der Waals surface area contributed by atoms with Crippen LogP contribution in [0.1, 0.15) is 66.2 Å². The number of Topliss-reactive ketones (excluding diaryl/α,β-unsaturated/α-hetero) is 1. The van der Waals surface area contributed by atoms with Gasteiger partial charge in [-0.2, -0.15) is 0 Å². The third-order valence-electron chi connectivity index (χ3n) is 8.76. The molecule has 2 fully saturated rings. The molecule has 0 saturated heterocycles. The molecule has 7 atom stereocenters. The Bertz CT molecular complexity index is 631. The van der Waals surface area contributed by atoms with E-state index in [0.29, 0.717) is 35.4 Å². The lowest BCUT2D eigenvalue weighted by Crippen LogP contribution is -2.51. The van der Waals surface area contributed by atoms with Crippen molar-refractivity contribution < 1.29 is 14.3 Å². The van der Waals surface area contributed by atoms with E-state index in [1.165, 1.54) is 0 Å². The summed E-state index contributed by atoms with van der Waals surface area (Å²) >= 11 is 0. The first-order chi connectivity index (χ1) is 12.3. The van der Waals surface area contributed by atoms with Gasteiger partial charge in [0.25, 0.3) is 0 Å². The van der Waals surface area contributed by atoms with E-state index in [1.54, 1.807) is 25.4 Å². The van der Waals surface area contributed by atoms with Crippen molar-refractivity contribution in [3.05, 3.63) is 11.1 Å². The van der Waals surface area contributed by atoms with Crippen molar-refractivity contribution in [2.24, 2.45) is 40.9 Å². The number of fused-ring (bicyclic) bond motifs is 4. The van der Waals surface area contributed by atoms with E-state index in [4.69, 9.17) is 9.47 Å². The van der Waals surface area contributed by atoms with Crippen LogP contribution in [0.5, 0.6) is 0 Å². The lowest BCUT2D eigenvalue weighted by molar-refractivity contribution is -0.214. The van der Waals surface area contributed by atoms with E-state index < -0.39 is 5.79 Å². The highest BCUT2D eigenvalue weighted by molar-refractivity contribution is 5.89. The molecule has 0 radical (unpaired) electrons. The molecule has 4 aliphatic rings. The first-order valence-corrected chi connectivity index (χ1v) is 10.6. The number of carbonyl (C=O) groups is 1. The first-order valence-electron chi connectivity index (χ1n) is 10.6. The van der Waals surface area contributed by atoms with E-state index in [2.05, 4.69) is 27.7 Å². The van der Waals surface area contributed by atoms with Crippen LogP contribution >= 0.6 is 0 Å². The molecule has 3 heteroatoms. The van der Waals surface area contributed by atoms with E-state index >= 15 is 0 Å². The van der Waals surface area contributed by atoms with Crippen LogP contribution in [0.4, 0.5) is 0 Å². The molecule has 0 aromatic carbocycles. The van der Waals surface area contributed by atoms with Gasteiger partial charge in [-0.1, -0.05) is 38.8 Å². The molecule has 3 nitrogen and oxygen atoms in total. The molecular formula is C23H36O3. The van der Waals surface area contributed by atoms with Gasteiger partial charge in [-0.3, -0.25) is 4.79 Å². The van der Waals surface area contributed by atoms with E-state index in [9.17, 15) is 4.79 Å². The minimum absolute atomic E-state index is 0.0796. The molecule has 0 bridgehead atoms. The average Bonchev–Trinajstić information content (AvgIpc) is 2.84. The van der Waals surface area contributed by atoms with Crippen LogP contribution in [-0.4, -0.2) is 25.8 Å². The summed E-state index contributed by atoms with van der Waals surface area (Å²) < 4.78 is 11.6. The molecule has 0 aliphatic heterocycles. The third-order valence-corrected chi connectivity index (χ3v) is 8.76. The lowest BCUT2D eigenvalue weighted by atomic mass is 9.49. The molecule has 0 heterocycles. The summed E-state index contributed by atoms with van der Waals surface area (Å²) in [6.07, 6.45) is 6.32. The van der Waals surface area contributed by atoms with Crippen LogP contribution < -0.4 is 0 Å². The van der Waals surface area contributed by atoms with Crippen LogP contribution in [0.25, 0.3) is 0 Å². The zero-order valence-corrected chi connectivity index (χ0v) is 17.4. The molecule has 0 aromatic heterocycles. The Morgan fingerprint density at radius 1 is 1.08 bits per heavy atom. The van der Waals surface area contributed by atoms with Crippen LogP contribution in [-0.2, 0) is 14.3 Å². The quantitative estimate of drug-likeness (QED) is 0.513. The van der Waals surface area contributed by atoms with Crippen LogP contribution in [0.15, 0.2) is 11.1 Å². The zero-order chi connectivity index (χ0) is 18.9. The van der Waals surface area contributed by atoms with Crippen molar-refractivity contribution in [1.82, 2.24) is 0 Å². The molecule has 3 unspecified atom stereocenters. The fourth-order valence-electron chi connectivity index (χ4n) is 7.67. The Morgan fingerprint density at radius 3 is 2.42 bits per heavy atom. The summed E-state index contributed by atoms with van der Waals surface area (Å²) in [6, 6.07) is 0. The fourth-order valence-corrected chi connectivity index (χ4v) is 7.67. The minimum Gasteiger partial charge on any atom is -0.353 e. The highest BCUT2D eigenvalue weighted by atomic mass is 16.7. The summed E-state index contributed by atoms with van der Waals surface area (Å²) in [7, 11) is 3.56. The predicted molar refractivity (Wildman–Crippen MR) is 103 cm³/mol. The molecule has 0 amide bonds. The third kappa shape index (κ3) is 2.42. The Kier molecular flexibility index (Phi) is 4.43. The number of ketones is 1. The lowest BCUT2D eigenvalue weighted by Gasteiger charge is -2.56. The fraction of sp³-hybridized carbons (Fsp3) is 0.870. The first kappa shape index (κ1) is 18.7. The number of methoxy groups -OCH3 is 2. The monoisotopic (exact) mass is 360 g/mol. The average molecular weight is 361 g/mol. The van der Waals surface area contributed by atoms with Gasteiger partial charge in [-0.25, -0.2) is 0 Å². The van der Waals surface area contributed by atoms with Gasteiger partial charge >= 0.3 is 0 Å². The van der Waals surface area contributed by atoms with Crippen molar-refractivity contribution >= 4 is 5.78 Å². The molecule has 0 N–H and O–H groups in total. The van der Waals surface area contributed by atoms with Crippen molar-refractivity contribution in [2.45, 2.75) is 72.0 Å². The summed E-state index contributed by atoms with van der Waals surface area (Å²) in [5.41, 5.74) is 3.23. The predicted octanol–water partition coefficient (Wildman–Crippen LogP) is 5.00. The van der Waals surface area contributed by atoms with Gasteiger partial charge in [-0.15, -0.1) is 0 Å². The van der Waals surface area contributed by atoms with Gasteiger partial charge in [0.1, 0.15) is 5.78 Å². The molecule has 26 heavy (non-hydrogen) atoms. The normalized spacial score (nSPS) is 47.4. The molecule has 0 spiro atoms. The minimum atomic E-state index is -0.421. The van der Waals surface area contributed by atoms with Crippen LogP contribution in [0.3, 0.4) is 0 Å². The zero-order valence-electron chi connectivity index (χ0n) is 17.4. The number of ether oxygens (including phenoxy) is 2. The van der Waals surface area contributed by atoms with Gasteiger partial charge in [0.2, 0.25) is 0 Å². The highest BCUT2D eigenvalue weighted by Gasteiger charge is 2.61. The Balaban J connectivity index is 1.72. The molecule has 4 rings (SSSR count). The summed E-state index contributed by atoms with van der Waals surface area (Å²) in [5.74, 6) is 3.53. The Hall–Kier alpha value is -0.670. The number of hydrogen-bond donors (Lipinski definition) is 0. The smallest absolute Gasteiger partial charge is 0.171 e. The molecule has 146 valence electrons.